The van der Waals surface area contributed by atoms with Crippen LogP contribution in [-0.2, 0) is 57.5 Å². The average molecular weight is 758 g/mol. The van der Waals surface area contributed by atoms with E-state index in [1.807, 2.05) is 0 Å². The van der Waals surface area contributed by atoms with E-state index in [9.17, 15) is 71.7 Å². The molecule has 2 aliphatic rings. The summed E-state index contributed by atoms with van der Waals surface area (Å²) in [6, 6.07) is 2.21. The predicted molar refractivity (Wildman–Crippen MR) is 135 cm³/mol. The van der Waals surface area contributed by atoms with E-state index in [-0.39, 0.29) is 17.1 Å². The minimum Gasteiger partial charge on any atom is -0.744 e. The van der Waals surface area contributed by atoms with Crippen molar-refractivity contribution >= 4 is 75.6 Å². The molecule has 0 saturated heterocycles. The number of phenols is 2. The molecular weight excluding hydrogens is 748 g/mol. The van der Waals surface area contributed by atoms with E-state index in [0.29, 0.717) is 36.4 Å². The van der Waals surface area contributed by atoms with Crippen molar-refractivity contribution in [1.82, 2.24) is 0 Å². The zero-order valence-corrected chi connectivity index (χ0v) is 25.0. The van der Waals surface area contributed by atoms with E-state index < -0.39 is 117 Å². The maximum Gasteiger partial charge on any atom is 0.220 e. The number of carbonyl (C=O) groups is 2. The first-order chi connectivity index (χ1) is 19.9. The first kappa shape index (κ1) is 37.1. The molecule has 1 radical (unpaired) electrons. The van der Waals surface area contributed by atoms with E-state index in [1.54, 1.807) is 0 Å². The quantitative estimate of drug-likeness (QED) is 0.118. The van der Waals surface area contributed by atoms with Gasteiger partial charge in [-0.3, -0.25) is 9.59 Å². The molecule has 0 amide bonds. The third-order valence-electron chi connectivity index (χ3n) is 5.48. The molecule has 0 heterocycles. The second-order valence-corrected chi connectivity index (χ2v) is 13.7. The van der Waals surface area contributed by atoms with Gasteiger partial charge in [0.1, 0.15) is 52.0 Å². The van der Waals surface area contributed by atoms with Crippen molar-refractivity contribution in [2.24, 2.45) is 10.3 Å². The number of allylic oxidation sites excluding steroid dienone is 2. The fourth-order valence-electron chi connectivity index (χ4n) is 3.71. The Balaban J connectivity index is 0.000000307. The summed E-state index contributed by atoms with van der Waals surface area (Å²) in [6.07, 6.45) is 1.06. The van der Waals surface area contributed by atoms with Gasteiger partial charge in [-0.1, -0.05) is 10.3 Å². The molecule has 0 aliphatic heterocycles. The van der Waals surface area contributed by atoms with Crippen LogP contribution in [0, 0.1) is 0 Å². The maximum atomic E-state index is 12.0. The van der Waals surface area contributed by atoms with E-state index in [1.165, 1.54) is 0 Å². The number of oxime groups is 2. The molecular formula is C20H10CuN2O18S4-4. The zero-order valence-electron chi connectivity index (χ0n) is 20.8. The molecule has 45 heavy (non-hydrogen) atoms. The Morgan fingerprint density at radius 3 is 1.04 bits per heavy atom. The van der Waals surface area contributed by atoms with Crippen molar-refractivity contribution in [1.29, 1.82) is 0 Å². The van der Waals surface area contributed by atoms with Gasteiger partial charge in [0.2, 0.25) is 11.6 Å². The number of aromatic hydroxyl groups is 2. The van der Waals surface area contributed by atoms with Crippen LogP contribution in [0.4, 0.5) is 0 Å². The van der Waals surface area contributed by atoms with Gasteiger partial charge in [0.25, 0.3) is 0 Å². The molecule has 0 atom stereocenters. The molecule has 0 spiro atoms. The van der Waals surface area contributed by atoms with E-state index in [4.69, 9.17) is 10.4 Å². The van der Waals surface area contributed by atoms with Crippen LogP contribution in [0.5, 0.6) is 11.5 Å². The van der Waals surface area contributed by atoms with Crippen molar-refractivity contribution in [3.8, 4) is 11.5 Å². The minimum absolute atomic E-state index is 0. The van der Waals surface area contributed by atoms with Crippen LogP contribution in [0.15, 0.2) is 54.2 Å². The van der Waals surface area contributed by atoms with Crippen LogP contribution in [-0.4, -0.2) is 95.5 Å². The third kappa shape index (κ3) is 7.44. The molecule has 0 aromatic heterocycles. The first-order valence-corrected chi connectivity index (χ1v) is 16.1. The summed E-state index contributed by atoms with van der Waals surface area (Å²) in [5.74, 6) is -4.53. The number of Topliss-reactive ketones (excluding diaryl/α,β-unsaturated/α-hetero) is 2. The largest absolute Gasteiger partial charge is 0.744 e. The van der Waals surface area contributed by atoms with E-state index >= 15 is 0 Å². The first-order valence-electron chi connectivity index (χ1n) is 10.5. The summed E-state index contributed by atoms with van der Waals surface area (Å²) in [7, 11) is -20.5. The fourth-order valence-corrected chi connectivity index (χ4v) is 6.04. The Morgan fingerprint density at radius 2 is 0.822 bits per heavy atom. The van der Waals surface area contributed by atoms with Crippen LogP contribution in [0.1, 0.15) is 31.8 Å². The van der Waals surface area contributed by atoms with Crippen LogP contribution in [0.3, 0.4) is 0 Å². The van der Waals surface area contributed by atoms with Crippen LogP contribution in [0.25, 0.3) is 12.2 Å². The van der Waals surface area contributed by atoms with Crippen LogP contribution in [0.2, 0.25) is 0 Å². The molecule has 2 aromatic carbocycles. The zero-order chi connectivity index (χ0) is 33.7. The molecule has 4 rings (SSSR count). The van der Waals surface area contributed by atoms with Gasteiger partial charge in [-0.15, -0.1) is 0 Å². The smallest absolute Gasteiger partial charge is 0.220 e. The molecule has 2 aliphatic carbocycles. The number of rotatable bonds is 4. The molecule has 247 valence electrons. The Bertz CT molecular complexity index is 2080. The predicted octanol–water partition coefficient (Wildman–Crippen LogP) is -1.58. The number of fused-ring (bicyclic) bond motifs is 2. The van der Waals surface area contributed by atoms with E-state index in [2.05, 4.69) is 10.3 Å². The van der Waals surface area contributed by atoms with Gasteiger partial charge >= 0.3 is 0 Å². The van der Waals surface area contributed by atoms with Crippen molar-refractivity contribution in [2.45, 2.75) is 9.79 Å². The summed E-state index contributed by atoms with van der Waals surface area (Å²) in [5, 5.41) is 41.5. The monoisotopic (exact) mass is 757 g/mol. The molecule has 0 unspecified atom stereocenters. The van der Waals surface area contributed by atoms with Crippen molar-refractivity contribution in [3.63, 3.8) is 0 Å². The number of ketones is 2. The second-order valence-electron chi connectivity index (χ2n) is 8.20. The number of hydrogen-bond donors (Lipinski definition) is 4. The standard InChI is InChI=1S/2C10H7NO9S2.Cu/c2*12-6-3-5(21(15,16)17)1-4-2-7(22(18,19)20)9(11-14)10(13)8(4)6;/h2*1-3,12,14H,(H,15,16,17)(H,18,19,20);/p-4/b2*11-9-;. The number of benzene rings is 2. The fraction of sp³-hybridized carbons (Fsp3) is 0. The SMILES string of the molecule is O=C1/C(=N\O)C(S(=O)(=O)[O-])=Cc2cc(S(=O)(=O)[O-])cc(O)c21.O=C1/C(=N\O)C(S(=O)(=O)[O-])=Cc2cc(S(=O)(=O)[O-])cc(O)c21.[Cu]. The Kier molecular flexibility index (Phi) is 10.2. The van der Waals surface area contributed by atoms with Gasteiger partial charge in [0, 0.05) is 17.1 Å². The number of nitrogens with zero attached hydrogens (tertiary/aromatic N) is 2. The summed E-state index contributed by atoms with van der Waals surface area (Å²) in [6.45, 7) is 0. The van der Waals surface area contributed by atoms with Crippen LogP contribution < -0.4 is 0 Å². The molecule has 0 bridgehead atoms. The van der Waals surface area contributed by atoms with Crippen molar-refractivity contribution in [3.05, 3.63) is 56.3 Å². The Hall–Kier alpha value is -4.04. The summed E-state index contributed by atoms with van der Waals surface area (Å²) in [5.41, 5.74) is -4.44. The second kappa shape index (κ2) is 12.4. The normalized spacial score (nSPS) is 16.9. The van der Waals surface area contributed by atoms with Gasteiger partial charge in [-0.05, 0) is 47.5 Å². The average Bonchev–Trinajstić information content (AvgIpc) is 2.86. The molecule has 20 nitrogen and oxygen atoms in total. The third-order valence-corrected chi connectivity index (χ3v) is 8.81. The maximum absolute atomic E-state index is 12.0. The van der Waals surface area contributed by atoms with Crippen LogP contribution >= 0.6 is 0 Å². The number of phenolic OH excluding ortho intramolecular Hbond substituents is 2. The van der Waals surface area contributed by atoms with Gasteiger partial charge in [0.05, 0.1) is 30.7 Å². The van der Waals surface area contributed by atoms with Gasteiger partial charge in [-0.25, -0.2) is 33.7 Å². The summed E-state index contributed by atoms with van der Waals surface area (Å²) < 4.78 is 132. The van der Waals surface area contributed by atoms with Crippen molar-refractivity contribution < 1.29 is 99.2 Å². The number of hydrogen-bond acceptors (Lipinski definition) is 20. The topological polar surface area (TPSA) is 369 Å². The molecule has 2 aromatic rings. The van der Waals surface area contributed by atoms with Gasteiger partial charge < -0.3 is 38.8 Å². The Labute approximate surface area is 261 Å². The molecule has 4 N–H and O–H groups in total. The molecule has 0 fully saturated rings. The van der Waals surface area contributed by atoms with Gasteiger partial charge in [-0.2, -0.15) is 0 Å². The summed E-state index contributed by atoms with van der Waals surface area (Å²) in [4.78, 5) is 19.6. The molecule has 0 saturated carbocycles. The van der Waals surface area contributed by atoms with E-state index in [0.717, 1.165) is 0 Å². The Morgan fingerprint density at radius 1 is 0.533 bits per heavy atom. The summed E-state index contributed by atoms with van der Waals surface area (Å²) >= 11 is 0. The number of carbonyl (C=O) groups excluding carboxylic acids is 2. The van der Waals surface area contributed by atoms with Gasteiger partial charge in [0.15, 0.2) is 11.4 Å². The van der Waals surface area contributed by atoms with Crippen molar-refractivity contribution in [2.75, 3.05) is 0 Å². The molecule has 25 heteroatoms. The minimum atomic E-state index is -5.23.